The van der Waals surface area contributed by atoms with E-state index in [2.05, 4.69) is 25.3 Å². The van der Waals surface area contributed by atoms with Gasteiger partial charge < -0.3 is 20.3 Å². The van der Waals surface area contributed by atoms with Gasteiger partial charge in [-0.2, -0.15) is 0 Å². The van der Waals surface area contributed by atoms with Crippen molar-refractivity contribution >= 4 is 46.9 Å². The highest BCUT2D eigenvalue weighted by molar-refractivity contribution is 6.58. The molecule has 0 atom stereocenters. The number of hydrogen-bond acceptors (Lipinski definition) is 6. The first-order valence-electron chi connectivity index (χ1n) is 7.80. The van der Waals surface area contributed by atoms with Crippen LogP contribution < -0.4 is 10.8 Å². The number of aromatic amines is 1. The van der Waals surface area contributed by atoms with Gasteiger partial charge in [0.25, 0.3) is 0 Å². The second-order valence-electron chi connectivity index (χ2n) is 5.62. The number of nitrogens with one attached hydrogen (secondary N) is 2. The lowest BCUT2D eigenvalue weighted by atomic mass is 9.80. The standard InChI is InChI=1S/C17H13BClN5O2/c19-14-9-22-17(23-11-4-1-3-10(7-11)18(25)26)24-15(14)13-8-21-16-12(13)5-2-6-20-16/h1-9,25-26H,(H,20,21)(H,22,23,24). The molecule has 1 aromatic carbocycles. The minimum Gasteiger partial charge on any atom is -0.423 e. The average molecular weight is 366 g/mol. The zero-order valence-corrected chi connectivity index (χ0v) is 14.1. The third kappa shape index (κ3) is 3.13. The highest BCUT2D eigenvalue weighted by Gasteiger charge is 2.14. The van der Waals surface area contributed by atoms with Crippen LogP contribution in [0.2, 0.25) is 5.02 Å². The zero-order valence-electron chi connectivity index (χ0n) is 13.4. The molecular weight excluding hydrogens is 352 g/mol. The molecule has 3 heterocycles. The molecule has 0 spiro atoms. The van der Waals surface area contributed by atoms with Gasteiger partial charge in [-0.15, -0.1) is 0 Å². The largest absolute Gasteiger partial charge is 0.488 e. The lowest BCUT2D eigenvalue weighted by Gasteiger charge is -2.09. The molecule has 9 heteroatoms. The molecule has 128 valence electrons. The third-order valence-electron chi connectivity index (χ3n) is 3.89. The van der Waals surface area contributed by atoms with Gasteiger partial charge in [-0.25, -0.2) is 15.0 Å². The fraction of sp³-hybridized carbons (Fsp3) is 0. The monoisotopic (exact) mass is 365 g/mol. The Hall–Kier alpha value is -2.94. The van der Waals surface area contributed by atoms with Crippen molar-refractivity contribution in [2.45, 2.75) is 0 Å². The fourth-order valence-corrected chi connectivity index (χ4v) is 2.87. The Kier molecular flexibility index (Phi) is 4.30. The van der Waals surface area contributed by atoms with Crippen LogP contribution in [0.5, 0.6) is 0 Å². The summed E-state index contributed by atoms with van der Waals surface area (Å²) in [6.07, 6.45) is 5.03. The first-order valence-corrected chi connectivity index (χ1v) is 8.18. The molecule has 7 nitrogen and oxygen atoms in total. The molecule has 3 aromatic heterocycles. The number of pyridine rings is 1. The van der Waals surface area contributed by atoms with Gasteiger partial charge >= 0.3 is 7.12 Å². The van der Waals surface area contributed by atoms with Crippen molar-refractivity contribution in [3.05, 3.63) is 60.0 Å². The van der Waals surface area contributed by atoms with Crippen LogP contribution in [0.3, 0.4) is 0 Å². The summed E-state index contributed by atoms with van der Waals surface area (Å²) < 4.78 is 0. The van der Waals surface area contributed by atoms with Gasteiger partial charge in [0.05, 0.1) is 16.9 Å². The number of aromatic nitrogens is 4. The third-order valence-corrected chi connectivity index (χ3v) is 4.17. The highest BCUT2D eigenvalue weighted by atomic mass is 35.5. The van der Waals surface area contributed by atoms with Gasteiger partial charge in [-0.3, -0.25) is 0 Å². The average Bonchev–Trinajstić information content (AvgIpc) is 3.07. The molecule has 0 amide bonds. The van der Waals surface area contributed by atoms with Crippen LogP contribution in [-0.2, 0) is 0 Å². The summed E-state index contributed by atoms with van der Waals surface area (Å²) in [7, 11) is -1.54. The van der Waals surface area contributed by atoms with E-state index in [-0.39, 0.29) is 0 Å². The summed E-state index contributed by atoms with van der Waals surface area (Å²) in [5.41, 5.74) is 3.14. The molecule has 0 aliphatic heterocycles. The maximum Gasteiger partial charge on any atom is 0.488 e. The summed E-state index contributed by atoms with van der Waals surface area (Å²) in [6, 6.07) is 10.5. The number of anilines is 2. The molecule has 0 aliphatic rings. The topological polar surface area (TPSA) is 107 Å². The van der Waals surface area contributed by atoms with Gasteiger partial charge in [-0.1, -0.05) is 23.7 Å². The smallest absolute Gasteiger partial charge is 0.423 e. The Bertz CT molecular complexity index is 1090. The van der Waals surface area contributed by atoms with Crippen molar-refractivity contribution in [2.75, 3.05) is 5.32 Å². The summed E-state index contributed by atoms with van der Waals surface area (Å²) in [6.45, 7) is 0. The lowest BCUT2D eigenvalue weighted by Crippen LogP contribution is -2.29. The van der Waals surface area contributed by atoms with E-state index in [4.69, 9.17) is 11.6 Å². The molecule has 0 unspecified atom stereocenters. The first kappa shape index (κ1) is 16.5. The van der Waals surface area contributed by atoms with E-state index in [1.54, 1.807) is 36.7 Å². The Labute approximate surface area is 153 Å². The predicted molar refractivity (Wildman–Crippen MR) is 102 cm³/mol. The Morgan fingerprint density at radius 3 is 2.85 bits per heavy atom. The summed E-state index contributed by atoms with van der Waals surface area (Å²) in [5, 5.41) is 23.0. The minimum absolute atomic E-state index is 0.340. The quantitative estimate of drug-likeness (QED) is 0.413. The maximum absolute atomic E-state index is 9.29. The van der Waals surface area contributed by atoms with Crippen molar-refractivity contribution in [1.29, 1.82) is 0 Å². The van der Waals surface area contributed by atoms with Crippen LogP contribution in [0.15, 0.2) is 55.0 Å². The SMILES string of the molecule is OB(O)c1cccc(Nc2ncc(Cl)c(-c3c[nH]c4ncccc34)n2)c1. The van der Waals surface area contributed by atoms with Gasteiger partial charge in [0, 0.05) is 29.0 Å². The van der Waals surface area contributed by atoms with E-state index in [0.717, 1.165) is 16.6 Å². The predicted octanol–water partition coefficient (Wildman–Crippen LogP) is 2.10. The molecule has 0 bridgehead atoms. The van der Waals surface area contributed by atoms with Crippen LogP contribution in [0.25, 0.3) is 22.3 Å². The van der Waals surface area contributed by atoms with Crippen molar-refractivity contribution in [2.24, 2.45) is 0 Å². The van der Waals surface area contributed by atoms with E-state index >= 15 is 0 Å². The van der Waals surface area contributed by atoms with Gasteiger partial charge in [0.1, 0.15) is 5.65 Å². The number of rotatable bonds is 4. The van der Waals surface area contributed by atoms with Crippen molar-refractivity contribution in [3.63, 3.8) is 0 Å². The highest BCUT2D eigenvalue weighted by Crippen LogP contribution is 2.31. The molecule has 0 fully saturated rings. The number of benzene rings is 1. The zero-order chi connectivity index (χ0) is 18.1. The van der Waals surface area contributed by atoms with Crippen LogP contribution in [0.4, 0.5) is 11.6 Å². The molecule has 0 radical (unpaired) electrons. The molecule has 4 rings (SSSR count). The Morgan fingerprint density at radius 2 is 2.00 bits per heavy atom. The van der Waals surface area contributed by atoms with Crippen LogP contribution in [0, 0.1) is 0 Å². The van der Waals surface area contributed by atoms with E-state index in [9.17, 15) is 10.0 Å². The van der Waals surface area contributed by atoms with E-state index < -0.39 is 7.12 Å². The Balaban J connectivity index is 1.72. The molecule has 0 aliphatic carbocycles. The summed E-state index contributed by atoms with van der Waals surface area (Å²) in [5.74, 6) is 0.340. The molecule has 0 saturated carbocycles. The number of halogens is 1. The molecule has 4 N–H and O–H groups in total. The van der Waals surface area contributed by atoms with Crippen molar-refractivity contribution in [1.82, 2.24) is 19.9 Å². The second kappa shape index (κ2) is 6.76. The molecule has 0 saturated heterocycles. The van der Waals surface area contributed by atoms with Gasteiger partial charge in [0.15, 0.2) is 0 Å². The van der Waals surface area contributed by atoms with Crippen molar-refractivity contribution in [3.8, 4) is 11.3 Å². The summed E-state index contributed by atoms with van der Waals surface area (Å²) in [4.78, 5) is 16.1. The minimum atomic E-state index is -1.54. The molecule has 4 aromatic rings. The normalized spacial score (nSPS) is 10.9. The lowest BCUT2D eigenvalue weighted by molar-refractivity contribution is 0.426. The van der Waals surface area contributed by atoms with Gasteiger partial charge in [-0.05, 0) is 29.7 Å². The first-order chi connectivity index (χ1) is 12.6. The molecule has 26 heavy (non-hydrogen) atoms. The number of nitrogens with zero attached hydrogens (tertiary/aromatic N) is 3. The molecular formula is C17H13BClN5O2. The van der Waals surface area contributed by atoms with Crippen LogP contribution in [0.1, 0.15) is 0 Å². The van der Waals surface area contributed by atoms with Gasteiger partial charge in [0.2, 0.25) is 5.95 Å². The summed E-state index contributed by atoms with van der Waals surface area (Å²) >= 11 is 6.30. The van der Waals surface area contributed by atoms with Crippen molar-refractivity contribution < 1.29 is 10.0 Å². The number of hydrogen-bond donors (Lipinski definition) is 4. The van der Waals surface area contributed by atoms with Crippen LogP contribution >= 0.6 is 11.6 Å². The maximum atomic E-state index is 9.29. The number of fused-ring (bicyclic) bond motifs is 1. The fourth-order valence-electron chi connectivity index (χ4n) is 2.67. The second-order valence-corrected chi connectivity index (χ2v) is 6.02. The number of H-pyrrole nitrogens is 1. The van der Waals surface area contributed by atoms with Crippen LogP contribution in [-0.4, -0.2) is 37.1 Å². The van der Waals surface area contributed by atoms with E-state index in [1.165, 1.54) is 6.20 Å². The van der Waals surface area contributed by atoms with E-state index in [1.807, 2.05) is 12.1 Å². The Morgan fingerprint density at radius 1 is 1.12 bits per heavy atom. The van der Waals surface area contributed by atoms with E-state index in [0.29, 0.717) is 27.8 Å².